The molecule has 0 radical (unpaired) electrons. The topological polar surface area (TPSA) is 30.5 Å². The van der Waals surface area contributed by atoms with Crippen LogP contribution in [0, 0.1) is 5.92 Å². The molecule has 0 saturated carbocycles. The molecule has 96 valence electrons. The molecule has 0 aliphatic rings. The van der Waals surface area contributed by atoms with Crippen LogP contribution in [0.1, 0.15) is 20.3 Å². The Kier molecular flexibility index (Phi) is 6.48. The molecule has 0 aliphatic heterocycles. The van der Waals surface area contributed by atoms with E-state index in [9.17, 15) is 0 Å². The van der Waals surface area contributed by atoms with E-state index in [1.165, 1.54) is 0 Å². The van der Waals surface area contributed by atoms with Gasteiger partial charge in [0.1, 0.15) is 5.75 Å². The lowest BCUT2D eigenvalue weighted by molar-refractivity contribution is 0.132. The number of anilines is 1. The van der Waals surface area contributed by atoms with E-state index >= 15 is 0 Å². The maximum atomic E-state index is 5.52. The van der Waals surface area contributed by atoms with Gasteiger partial charge >= 0.3 is 0 Å². The molecule has 0 atom stereocenters. The molecule has 0 aromatic heterocycles. The molecule has 17 heavy (non-hydrogen) atoms. The van der Waals surface area contributed by atoms with Gasteiger partial charge in [0.2, 0.25) is 0 Å². The Balaban J connectivity index is 2.09. The van der Waals surface area contributed by atoms with Gasteiger partial charge in [0.15, 0.2) is 0 Å². The molecule has 3 heteroatoms. The third kappa shape index (κ3) is 6.17. The van der Waals surface area contributed by atoms with E-state index in [1.807, 2.05) is 24.3 Å². The molecule has 1 aromatic carbocycles. The van der Waals surface area contributed by atoms with Crippen molar-refractivity contribution in [2.45, 2.75) is 20.3 Å². The fraction of sp³-hybridized carbons (Fsp3) is 0.571. The Labute approximate surface area is 104 Å². The molecule has 0 amide bonds. The molecular formula is C14H23NO2. The standard InChI is InChI=1S/C14H23NO2/c1-12(2)8-10-17-11-9-15-13-4-6-14(16-3)7-5-13/h4-7,12,15H,8-11H2,1-3H3. The van der Waals surface area contributed by atoms with Gasteiger partial charge in [0, 0.05) is 18.8 Å². The third-order valence-corrected chi connectivity index (χ3v) is 2.51. The third-order valence-electron chi connectivity index (χ3n) is 2.51. The molecule has 1 rings (SSSR count). The van der Waals surface area contributed by atoms with Gasteiger partial charge in [-0.15, -0.1) is 0 Å². The van der Waals surface area contributed by atoms with E-state index in [1.54, 1.807) is 7.11 Å². The minimum absolute atomic E-state index is 0.713. The predicted molar refractivity (Wildman–Crippen MR) is 71.8 cm³/mol. The fourth-order valence-electron chi connectivity index (χ4n) is 1.40. The van der Waals surface area contributed by atoms with Gasteiger partial charge in [-0.05, 0) is 36.6 Å². The van der Waals surface area contributed by atoms with Crippen LogP contribution in [0.2, 0.25) is 0 Å². The maximum absolute atomic E-state index is 5.52. The van der Waals surface area contributed by atoms with E-state index in [-0.39, 0.29) is 0 Å². The lowest BCUT2D eigenvalue weighted by Gasteiger charge is -2.09. The highest BCUT2D eigenvalue weighted by atomic mass is 16.5. The van der Waals surface area contributed by atoms with Crippen LogP contribution in [0.4, 0.5) is 5.69 Å². The molecule has 1 N–H and O–H groups in total. The molecule has 0 fully saturated rings. The Morgan fingerprint density at radius 3 is 2.41 bits per heavy atom. The summed E-state index contributed by atoms with van der Waals surface area (Å²) in [6, 6.07) is 7.91. The number of benzene rings is 1. The van der Waals surface area contributed by atoms with Crippen LogP contribution in [-0.2, 0) is 4.74 Å². The molecule has 0 bridgehead atoms. The highest BCUT2D eigenvalue weighted by molar-refractivity contribution is 5.46. The van der Waals surface area contributed by atoms with Crippen LogP contribution in [-0.4, -0.2) is 26.9 Å². The second kappa shape index (κ2) is 7.96. The SMILES string of the molecule is COc1ccc(NCCOCCC(C)C)cc1. The molecule has 0 saturated heterocycles. The van der Waals surface area contributed by atoms with E-state index in [0.29, 0.717) is 5.92 Å². The lowest BCUT2D eigenvalue weighted by Crippen LogP contribution is -2.10. The number of hydrogen-bond donors (Lipinski definition) is 1. The molecule has 0 unspecified atom stereocenters. The quantitative estimate of drug-likeness (QED) is 0.704. The van der Waals surface area contributed by atoms with Gasteiger partial charge in [-0.1, -0.05) is 13.8 Å². The highest BCUT2D eigenvalue weighted by Crippen LogP contribution is 2.14. The summed E-state index contributed by atoms with van der Waals surface area (Å²) in [4.78, 5) is 0. The fourth-order valence-corrected chi connectivity index (χ4v) is 1.40. The Morgan fingerprint density at radius 2 is 1.82 bits per heavy atom. The number of ether oxygens (including phenoxy) is 2. The van der Waals surface area contributed by atoms with Crippen molar-refractivity contribution in [1.29, 1.82) is 0 Å². The number of rotatable bonds is 8. The van der Waals surface area contributed by atoms with Gasteiger partial charge < -0.3 is 14.8 Å². The van der Waals surface area contributed by atoms with Gasteiger partial charge in [0.25, 0.3) is 0 Å². The van der Waals surface area contributed by atoms with Gasteiger partial charge in [0.05, 0.1) is 13.7 Å². The van der Waals surface area contributed by atoms with Crippen molar-refractivity contribution in [1.82, 2.24) is 0 Å². The van der Waals surface area contributed by atoms with Gasteiger partial charge in [-0.2, -0.15) is 0 Å². The summed E-state index contributed by atoms with van der Waals surface area (Å²) >= 11 is 0. The van der Waals surface area contributed by atoms with Crippen LogP contribution >= 0.6 is 0 Å². The van der Waals surface area contributed by atoms with Crippen LogP contribution in [0.25, 0.3) is 0 Å². The minimum Gasteiger partial charge on any atom is -0.497 e. The number of nitrogens with one attached hydrogen (secondary N) is 1. The largest absolute Gasteiger partial charge is 0.497 e. The molecule has 1 aromatic rings. The summed E-state index contributed by atoms with van der Waals surface area (Å²) in [5.41, 5.74) is 1.10. The first-order valence-electron chi connectivity index (χ1n) is 6.18. The predicted octanol–water partition coefficient (Wildman–Crippen LogP) is 3.17. The summed E-state index contributed by atoms with van der Waals surface area (Å²) in [5.74, 6) is 1.59. The lowest BCUT2D eigenvalue weighted by atomic mass is 10.1. The second-order valence-electron chi connectivity index (χ2n) is 4.45. The molecule has 0 spiro atoms. The zero-order valence-electron chi connectivity index (χ0n) is 11.0. The molecule has 0 aliphatic carbocycles. The van der Waals surface area contributed by atoms with E-state index in [2.05, 4.69) is 19.2 Å². The summed E-state index contributed by atoms with van der Waals surface area (Å²) < 4.78 is 10.6. The first kappa shape index (κ1) is 13.8. The Hall–Kier alpha value is -1.22. The van der Waals surface area contributed by atoms with Crippen molar-refractivity contribution in [3.63, 3.8) is 0 Å². The average Bonchev–Trinajstić information content (AvgIpc) is 2.34. The van der Waals surface area contributed by atoms with Crippen LogP contribution in [0.15, 0.2) is 24.3 Å². The van der Waals surface area contributed by atoms with Crippen molar-refractivity contribution in [2.24, 2.45) is 5.92 Å². The number of methoxy groups -OCH3 is 1. The highest BCUT2D eigenvalue weighted by Gasteiger charge is 1.95. The molecule has 3 nitrogen and oxygen atoms in total. The molecular weight excluding hydrogens is 214 g/mol. The van der Waals surface area contributed by atoms with Crippen LogP contribution in [0.3, 0.4) is 0 Å². The summed E-state index contributed by atoms with van der Waals surface area (Å²) in [7, 11) is 1.67. The van der Waals surface area contributed by atoms with E-state index in [4.69, 9.17) is 9.47 Å². The van der Waals surface area contributed by atoms with Crippen molar-refractivity contribution in [3.8, 4) is 5.75 Å². The zero-order valence-corrected chi connectivity index (χ0v) is 11.0. The maximum Gasteiger partial charge on any atom is 0.119 e. The normalized spacial score (nSPS) is 10.6. The van der Waals surface area contributed by atoms with Crippen molar-refractivity contribution < 1.29 is 9.47 Å². The van der Waals surface area contributed by atoms with Crippen molar-refractivity contribution in [2.75, 3.05) is 32.2 Å². The number of hydrogen-bond acceptors (Lipinski definition) is 3. The molecule has 0 heterocycles. The minimum atomic E-state index is 0.713. The van der Waals surface area contributed by atoms with Crippen LogP contribution in [0.5, 0.6) is 5.75 Å². The van der Waals surface area contributed by atoms with E-state index < -0.39 is 0 Å². The van der Waals surface area contributed by atoms with Crippen molar-refractivity contribution >= 4 is 5.69 Å². The second-order valence-corrected chi connectivity index (χ2v) is 4.45. The smallest absolute Gasteiger partial charge is 0.119 e. The average molecular weight is 237 g/mol. The first-order chi connectivity index (χ1) is 8.22. The van der Waals surface area contributed by atoms with Gasteiger partial charge in [-0.25, -0.2) is 0 Å². The van der Waals surface area contributed by atoms with Gasteiger partial charge in [-0.3, -0.25) is 0 Å². The Morgan fingerprint density at radius 1 is 1.12 bits per heavy atom. The summed E-state index contributed by atoms with van der Waals surface area (Å²) in [6.45, 7) is 6.85. The first-order valence-corrected chi connectivity index (χ1v) is 6.18. The van der Waals surface area contributed by atoms with Crippen LogP contribution < -0.4 is 10.1 Å². The Bertz CT molecular complexity index is 296. The summed E-state index contributed by atoms with van der Waals surface area (Å²) in [5, 5.41) is 3.30. The monoisotopic (exact) mass is 237 g/mol. The summed E-state index contributed by atoms with van der Waals surface area (Å²) in [6.07, 6.45) is 1.13. The van der Waals surface area contributed by atoms with Crippen molar-refractivity contribution in [3.05, 3.63) is 24.3 Å². The van der Waals surface area contributed by atoms with E-state index in [0.717, 1.165) is 37.6 Å². The zero-order chi connectivity index (χ0) is 12.5.